The average molecular weight is 528 g/mol. The Kier molecular flexibility index (Phi) is 10.1. The van der Waals surface area contributed by atoms with Gasteiger partial charge in [-0.25, -0.2) is 14.8 Å². The van der Waals surface area contributed by atoms with Crippen LogP contribution in [0.3, 0.4) is 0 Å². The van der Waals surface area contributed by atoms with Gasteiger partial charge in [0.25, 0.3) is 5.91 Å². The van der Waals surface area contributed by atoms with Gasteiger partial charge < -0.3 is 29.7 Å². The van der Waals surface area contributed by atoms with Crippen LogP contribution >= 0.6 is 0 Å². The topological polar surface area (TPSA) is 151 Å². The fraction of sp³-hybridized carbons (Fsp3) is 0.462. The molecule has 2 heterocycles. The Labute approximate surface area is 220 Å². The summed E-state index contributed by atoms with van der Waals surface area (Å²) in [5, 5.41) is 11.9. The lowest BCUT2D eigenvalue weighted by Gasteiger charge is -2.35. The van der Waals surface area contributed by atoms with Crippen LogP contribution < -0.4 is 5.32 Å². The number of carboxylic acids is 1. The van der Waals surface area contributed by atoms with E-state index >= 15 is 0 Å². The van der Waals surface area contributed by atoms with Crippen molar-refractivity contribution in [3.05, 3.63) is 47.8 Å². The summed E-state index contributed by atoms with van der Waals surface area (Å²) in [6.45, 7) is 4.77. The van der Waals surface area contributed by atoms with Crippen molar-refractivity contribution in [1.29, 1.82) is 0 Å². The number of hydrogen-bond donors (Lipinski definition) is 2. The summed E-state index contributed by atoms with van der Waals surface area (Å²) in [6, 6.07) is 9.53. The summed E-state index contributed by atoms with van der Waals surface area (Å²) in [5.74, 6) is -1.83. The lowest BCUT2D eigenvalue weighted by molar-refractivity contribution is -0.138. The van der Waals surface area contributed by atoms with Crippen LogP contribution in [0.25, 0.3) is 11.4 Å². The zero-order valence-electron chi connectivity index (χ0n) is 21.8. The summed E-state index contributed by atoms with van der Waals surface area (Å²) in [6.07, 6.45) is -1.29. The number of amides is 3. The first-order chi connectivity index (χ1) is 18.2. The van der Waals surface area contributed by atoms with Crippen LogP contribution in [0.5, 0.6) is 0 Å². The third-order valence-corrected chi connectivity index (χ3v) is 6.15. The molecular weight excluding hydrogens is 494 g/mol. The number of carboxylic acid groups (broad SMARTS) is 1. The Morgan fingerprint density at radius 2 is 1.71 bits per heavy atom. The monoisotopic (exact) mass is 527 g/mol. The van der Waals surface area contributed by atoms with Gasteiger partial charge in [-0.3, -0.25) is 14.4 Å². The van der Waals surface area contributed by atoms with Gasteiger partial charge in [-0.2, -0.15) is 0 Å². The van der Waals surface area contributed by atoms with Crippen LogP contribution in [0.2, 0.25) is 0 Å². The summed E-state index contributed by atoms with van der Waals surface area (Å²) in [4.78, 5) is 61.8. The number of rotatable bonds is 10. The highest BCUT2D eigenvalue weighted by Crippen LogP contribution is 2.21. The maximum absolute atomic E-state index is 13.3. The zero-order valence-corrected chi connectivity index (χ0v) is 21.8. The Bertz CT molecular complexity index is 1140. The molecule has 3 rings (SSSR count). The minimum Gasteiger partial charge on any atom is -0.481 e. The van der Waals surface area contributed by atoms with Crippen molar-refractivity contribution in [2.75, 3.05) is 39.9 Å². The van der Waals surface area contributed by atoms with Crippen LogP contribution in [0.4, 0.5) is 4.79 Å². The molecule has 0 aliphatic carbocycles. The number of aromatic nitrogens is 2. The van der Waals surface area contributed by atoms with Crippen molar-refractivity contribution in [2.24, 2.45) is 0 Å². The molecule has 2 N–H and O–H groups in total. The van der Waals surface area contributed by atoms with Gasteiger partial charge in [-0.1, -0.05) is 30.3 Å². The molecule has 0 saturated carbocycles. The molecule has 38 heavy (non-hydrogen) atoms. The molecule has 0 radical (unpaired) electrons. The van der Waals surface area contributed by atoms with Crippen molar-refractivity contribution in [1.82, 2.24) is 25.1 Å². The SMILES string of the molecule is CCOC(=O)N1CCN(C(=O)C(CCC(=O)O)NC(=O)c2cc(C(C)OC)nc(-c3ccccc3)n2)CC1. The predicted molar refractivity (Wildman–Crippen MR) is 136 cm³/mol. The molecule has 0 bridgehead atoms. The number of methoxy groups -OCH3 is 1. The average Bonchev–Trinajstić information content (AvgIpc) is 2.94. The van der Waals surface area contributed by atoms with E-state index in [2.05, 4.69) is 15.3 Å². The second-order valence-electron chi connectivity index (χ2n) is 8.72. The minimum atomic E-state index is -1.09. The zero-order chi connectivity index (χ0) is 27.7. The first kappa shape index (κ1) is 28.5. The van der Waals surface area contributed by atoms with E-state index in [0.717, 1.165) is 0 Å². The molecule has 3 amide bonds. The minimum absolute atomic E-state index is 0.0259. The van der Waals surface area contributed by atoms with E-state index in [-0.39, 0.29) is 51.3 Å². The maximum Gasteiger partial charge on any atom is 0.409 e. The smallest absolute Gasteiger partial charge is 0.409 e. The van der Waals surface area contributed by atoms with Crippen molar-refractivity contribution in [2.45, 2.75) is 38.8 Å². The molecule has 1 fully saturated rings. The Morgan fingerprint density at radius 1 is 1.05 bits per heavy atom. The van der Waals surface area contributed by atoms with Crippen LogP contribution in [0.15, 0.2) is 36.4 Å². The second kappa shape index (κ2) is 13.5. The number of aliphatic carboxylic acids is 1. The van der Waals surface area contributed by atoms with E-state index in [1.807, 2.05) is 30.3 Å². The molecule has 2 aromatic rings. The predicted octanol–water partition coefficient (Wildman–Crippen LogP) is 2.11. The fourth-order valence-corrected chi connectivity index (χ4v) is 3.93. The molecule has 1 aliphatic heterocycles. The molecule has 0 spiro atoms. The van der Waals surface area contributed by atoms with E-state index in [1.165, 1.54) is 23.0 Å². The molecular formula is C26H33N5O7. The van der Waals surface area contributed by atoms with Gasteiger partial charge in [0.1, 0.15) is 11.7 Å². The highest BCUT2D eigenvalue weighted by molar-refractivity contribution is 5.96. The summed E-state index contributed by atoms with van der Waals surface area (Å²) >= 11 is 0. The molecule has 1 aromatic carbocycles. The van der Waals surface area contributed by atoms with Crippen LogP contribution in [0.1, 0.15) is 49.0 Å². The Balaban J connectivity index is 1.81. The Hall–Kier alpha value is -4.06. The highest BCUT2D eigenvalue weighted by Gasteiger charge is 2.31. The van der Waals surface area contributed by atoms with E-state index in [1.54, 1.807) is 13.8 Å². The van der Waals surface area contributed by atoms with Crippen molar-refractivity contribution < 1.29 is 33.8 Å². The summed E-state index contributed by atoms with van der Waals surface area (Å²) < 4.78 is 10.4. The molecule has 1 saturated heterocycles. The van der Waals surface area contributed by atoms with Crippen LogP contribution in [-0.4, -0.2) is 94.7 Å². The number of ether oxygens (including phenoxy) is 2. The highest BCUT2D eigenvalue weighted by atomic mass is 16.6. The molecule has 2 unspecified atom stereocenters. The standard InChI is InChI=1S/C26H33N5O7/c1-4-38-26(36)31-14-12-30(13-15-31)25(35)19(10-11-22(32)33)29-24(34)21-16-20(17(2)37-3)27-23(28-21)18-8-6-5-7-9-18/h5-9,16-17,19H,4,10-15H2,1-3H3,(H,29,34)(H,32,33). The van der Waals surface area contributed by atoms with E-state index in [4.69, 9.17) is 9.47 Å². The second-order valence-corrected chi connectivity index (χ2v) is 8.72. The molecule has 1 aromatic heterocycles. The lowest BCUT2D eigenvalue weighted by Crippen LogP contribution is -2.56. The van der Waals surface area contributed by atoms with E-state index in [0.29, 0.717) is 17.1 Å². The molecule has 2 atom stereocenters. The number of carbonyl (C=O) groups excluding carboxylic acids is 3. The van der Waals surface area contributed by atoms with Crippen LogP contribution in [0, 0.1) is 0 Å². The van der Waals surface area contributed by atoms with Gasteiger partial charge in [0.2, 0.25) is 5.91 Å². The number of hydrogen-bond acceptors (Lipinski definition) is 8. The van der Waals surface area contributed by atoms with Gasteiger partial charge in [0.15, 0.2) is 5.82 Å². The molecule has 1 aliphatic rings. The van der Waals surface area contributed by atoms with Gasteiger partial charge in [-0.05, 0) is 26.3 Å². The summed E-state index contributed by atoms with van der Waals surface area (Å²) in [7, 11) is 1.52. The molecule has 12 heteroatoms. The first-order valence-corrected chi connectivity index (χ1v) is 12.4. The summed E-state index contributed by atoms with van der Waals surface area (Å²) in [5.41, 5.74) is 1.21. The van der Waals surface area contributed by atoms with Crippen molar-refractivity contribution in [3.63, 3.8) is 0 Å². The normalized spacial score (nSPS) is 14.9. The third-order valence-electron chi connectivity index (χ3n) is 6.15. The van der Waals surface area contributed by atoms with E-state index in [9.17, 15) is 24.3 Å². The van der Waals surface area contributed by atoms with Crippen molar-refractivity contribution in [3.8, 4) is 11.4 Å². The number of nitrogens with one attached hydrogen (secondary N) is 1. The molecule has 12 nitrogen and oxygen atoms in total. The fourth-order valence-electron chi connectivity index (χ4n) is 3.93. The number of nitrogens with zero attached hydrogens (tertiary/aromatic N) is 4. The number of piperazine rings is 1. The largest absolute Gasteiger partial charge is 0.481 e. The van der Waals surface area contributed by atoms with E-state index < -0.39 is 36.0 Å². The number of benzene rings is 1. The Morgan fingerprint density at radius 3 is 2.32 bits per heavy atom. The van der Waals surface area contributed by atoms with Crippen LogP contribution in [-0.2, 0) is 19.1 Å². The van der Waals surface area contributed by atoms with Gasteiger partial charge in [-0.15, -0.1) is 0 Å². The van der Waals surface area contributed by atoms with Gasteiger partial charge >= 0.3 is 12.1 Å². The maximum atomic E-state index is 13.3. The molecule has 204 valence electrons. The quantitative estimate of drug-likeness (QED) is 0.473. The van der Waals surface area contributed by atoms with Gasteiger partial charge in [0.05, 0.1) is 18.4 Å². The van der Waals surface area contributed by atoms with Crippen molar-refractivity contribution >= 4 is 23.9 Å². The first-order valence-electron chi connectivity index (χ1n) is 12.4. The van der Waals surface area contributed by atoms with Gasteiger partial charge in [0, 0.05) is 45.3 Å². The third kappa shape index (κ3) is 7.48. The lowest BCUT2D eigenvalue weighted by atomic mass is 10.1. The number of carbonyl (C=O) groups is 4.